The molecule has 1 aliphatic heterocycles. The first kappa shape index (κ1) is 23.8. The molecule has 7 nitrogen and oxygen atoms in total. The van der Waals surface area contributed by atoms with E-state index in [0.29, 0.717) is 30.9 Å². The minimum Gasteiger partial charge on any atom is -0.489 e. The number of benzene rings is 1. The van der Waals surface area contributed by atoms with E-state index in [0.717, 1.165) is 16.7 Å². The van der Waals surface area contributed by atoms with Crippen LogP contribution in [-0.4, -0.2) is 55.1 Å². The number of nitrogens with zero attached hydrogens (tertiary/aromatic N) is 2. The van der Waals surface area contributed by atoms with Gasteiger partial charge in [-0.3, -0.25) is 0 Å². The lowest BCUT2D eigenvalue weighted by Crippen LogP contribution is -2.50. The molecule has 0 spiro atoms. The average molecular weight is 446 g/mol. The number of morpholine rings is 1. The SMILES string of the molecule is C[C@@H]1COC[C@H](C)N1c1ccc2cc(OC/C(=C/F)CNC(=O)OC(C)(C)C)ccc2n1. The van der Waals surface area contributed by atoms with Crippen molar-refractivity contribution in [3.05, 3.63) is 42.2 Å². The predicted octanol–water partition coefficient (Wildman–Crippen LogP) is 4.61. The van der Waals surface area contributed by atoms with Crippen molar-refractivity contribution in [2.75, 3.05) is 31.3 Å². The third-order valence-corrected chi connectivity index (χ3v) is 5.02. The number of carbonyl (C=O) groups is 1. The zero-order valence-electron chi connectivity index (χ0n) is 19.4. The Labute approximate surface area is 188 Å². The van der Waals surface area contributed by atoms with Crippen LogP contribution in [0.25, 0.3) is 10.9 Å². The normalized spacial score (nSPS) is 19.7. The Morgan fingerprint density at radius 2 is 1.97 bits per heavy atom. The summed E-state index contributed by atoms with van der Waals surface area (Å²) in [4.78, 5) is 18.8. The van der Waals surface area contributed by atoms with Crippen LogP contribution in [0.2, 0.25) is 0 Å². The maximum absolute atomic E-state index is 13.2. The van der Waals surface area contributed by atoms with Crippen molar-refractivity contribution in [2.24, 2.45) is 0 Å². The topological polar surface area (TPSA) is 72.9 Å². The molecule has 0 unspecified atom stereocenters. The van der Waals surface area contributed by atoms with Crippen molar-refractivity contribution in [2.45, 2.75) is 52.3 Å². The highest BCUT2D eigenvalue weighted by atomic mass is 19.1. The highest BCUT2D eigenvalue weighted by Crippen LogP contribution is 2.26. The lowest BCUT2D eigenvalue weighted by Gasteiger charge is -2.39. The summed E-state index contributed by atoms with van der Waals surface area (Å²) in [6.07, 6.45) is -0.162. The van der Waals surface area contributed by atoms with Gasteiger partial charge in [0.15, 0.2) is 0 Å². The molecule has 1 aromatic carbocycles. The third-order valence-electron chi connectivity index (χ3n) is 5.02. The van der Waals surface area contributed by atoms with Gasteiger partial charge < -0.3 is 24.4 Å². The largest absolute Gasteiger partial charge is 0.489 e. The Hall–Kier alpha value is -2.87. The van der Waals surface area contributed by atoms with Crippen molar-refractivity contribution < 1.29 is 23.4 Å². The molecule has 8 heteroatoms. The number of anilines is 1. The third kappa shape index (κ3) is 6.32. The molecule has 2 heterocycles. The van der Waals surface area contributed by atoms with Gasteiger partial charge in [0.25, 0.3) is 0 Å². The molecule has 1 saturated heterocycles. The van der Waals surface area contributed by atoms with Gasteiger partial charge in [-0.25, -0.2) is 14.2 Å². The second-order valence-electron chi connectivity index (χ2n) is 9.08. The standard InChI is InChI=1S/C24H32FN3O4/c1-16-13-30-14-17(2)28(16)22-9-6-19-10-20(7-8-21(19)27-22)31-15-18(11-25)12-26-23(29)32-24(3,4)5/h6-11,16-17H,12-15H2,1-5H3,(H,26,29)/b18-11+/t16-,17+. The van der Waals surface area contributed by atoms with Crippen LogP contribution in [0.1, 0.15) is 34.6 Å². The molecule has 3 rings (SSSR count). The van der Waals surface area contributed by atoms with Crippen LogP contribution in [-0.2, 0) is 9.47 Å². The minimum atomic E-state index is -0.614. The first-order chi connectivity index (χ1) is 15.2. The second-order valence-corrected chi connectivity index (χ2v) is 9.08. The number of aromatic nitrogens is 1. The number of rotatable bonds is 6. The number of hydrogen-bond donors (Lipinski definition) is 1. The van der Waals surface area contributed by atoms with Crippen LogP contribution >= 0.6 is 0 Å². The predicted molar refractivity (Wildman–Crippen MR) is 123 cm³/mol. The van der Waals surface area contributed by atoms with E-state index >= 15 is 0 Å². The number of halogens is 1. The zero-order valence-corrected chi connectivity index (χ0v) is 19.4. The molecule has 1 fully saturated rings. The van der Waals surface area contributed by atoms with Gasteiger partial charge in [-0.1, -0.05) is 0 Å². The summed E-state index contributed by atoms with van der Waals surface area (Å²) in [6, 6.07) is 10.1. The Bertz CT molecular complexity index is 963. The zero-order chi connectivity index (χ0) is 23.3. The van der Waals surface area contributed by atoms with Gasteiger partial charge >= 0.3 is 6.09 Å². The van der Waals surface area contributed by atoms with Gasteiger partial charge in [-0.15, -0.1) is 0 Å². The fourth-order valence-electron chi connectivity index (χ4n) is 3.58. The molecule has 1 aliphatic rings. The molecule has 0 radical (unpaired) electrons. The summed E-state index contributed by atoms with van der Waals surface area (Å²) in [5, 5.41) is 3.46. The molecule has 0 aliphatic carbocycles. The fourth-order valence-corrected chi connectivity index (χ4v) is 3.58. The van der Waals surface area contributed by atoms with Gasteiger partial charge in [0, 0.05) is 17.5 Å². The molecular formula is C24H32FN3O4. The van der Waals surface area contributed by atoms with E-state index in [9.17, 15) is 9.18 Å². The second kappa shape index (κ2) is 10.2. The number of hydrogen-bond acceptors (Lipinski definition) is 6. The lowest BCUT2D eigenvalue weighted by molar-refractivity contribution is 0.0531. The quantitative estimate of drug-likeness (QED) is 0.700. The number of amides is 1. The van der Waals surface area contributed by atoms with Crippen LogP contribution in [0.4, 0.5) is 15.0 Å². The fraction of sp³-hybridized carbons (Fsp3) is 0.500. The van der Waals surface area contributed by atoms with Crippen LogP contribution < -0.4 is 15.0 Å². The number of fused-ring (bicyclic) bond motifs is 1. The Balaban J connectivity index is 1.61. The molecule has 174 valence electrons. The molecule has 32 heavy (non-hydrogen) atoms. The van der Waals surface area contributed by atoms with E-state index in [1.165, 1.54) is 0 Å². The van der Waals surface area contributed by atoms with E-state index in [2.05, 4.69) is 24.1 Å². The molecule has 1 N–H and O–H groups in total. The summed E-state index contributed by atoms with van der Waals surface area (Å²) in [6.45, 7) is 10.9. The average Bonchev–Trinajstić information content (AvgIpc) is 2.72. The number of alkyl carbamates (subject to hydrolysis) is 1. The van der Waals surface area contributed by atoms with Crippen molar-refractivity contribution in [1.29, 1.82) is 0 Å². The molecule has 0 saturated carbocycles. The highest BCUT2D eigenvalue weighted by Gasteiger charge is 2.26. The molecule has 0 bridgehead atoms. The van der Waals surface area contributed by atoms with Crippen molar-refractivity contribution >= 4 is 22.8 Å². The smallest absolute Gasteiger partial charge is 0.407 e. The van der Waals surface area contributed by atoms with Crippen LogP contribution in [0.15, 0.2) is 42.2 Å². The van der Waals surface area contributed by atoms with Crippen LogP contribution in [0.5, 0.6) is 5.75 Å². The summed E-state index contributed by atoms with van der Waals surface area (Å²) in [5.41, 5.74) is 0.533. The number of pyridine rings is 1. The van der Waals surface area contributed by atoms with E-state index < -0.39 is 11.7 Å². The van der Waals surface area contributed by atoms with Gasteiger partial charge in [-0.05, 0) is 65.0 Å². The minimum absolute atomic E-state index is 0.000171. The lowest BCUT2D eigenvalue weighted by atomic mass is 10.1. The first-order valence-corrected chi connectivity index (χ1v) is 10.8. The molecule has 1 aromatic heterocycles. The molecular weight excluding hydrogens is 413 g/mol. The van der Waals surface area contributed by atoms with E-state index in [-0.39, 0.29) is 25.2 Å². The number of nitrogens with one attached hydrogen (secondary N) is 1. The maximum Gasteiger partial charge on any atom is 0.407 e. The van der Waals surface area contributed by atoms with Gasteiger partial charge in [0.1, 0.15) is 23.8 Å². The van der Waals surface area contributed by atoms with E-state index in [1.54, 1.807) is 20.8 Å². The van der Waals surface area contributed by atoms with Crippen LogP contribution in [0.3, 0.4) is 0 Å². The van der Waals surface area contributed by atoms with Crippen molar-refractivity contribution in [3.8, 4) is 5.75 Å². The molecule has 2 aromatic rings. The van der Waals surface area contributed by atoms with Crippen LogP contribution in [0, 0.1) is 0 Å². The van der Waals surface area contributed by atoms with Gasteiger partial charge in [-0.2, -0.15) is 0 Å². The Morgan fingerprint density at radius 3 is 2.62 bits per heavy atom. The summed E-state index contributed by atoms with van der Waals surface area (Å²) < 4.78 is 29.7. The monoisotopic (exact) mass is 445 g/mol. The van der Waals surface area contributed by atoms with Gasteiger partial charge in [0.05, 0.1) is 37.1 Å². The highest BCUT2D eigenvalue weighted by molar-refractivity contribution is 5.82. The summed E-state index contributed by atoms with van der Waals surface area (Å²) in [7, 11) is 0. The molecule has 2 atom stereocenters. The Kier molecular flexibility index (Phi) is 7.56. The van der Waals surface area contributed by atoms with Crippen molar-refractivity contribution in [3.63, 3.8) is 0 Å². The molecule has 1 amide bonds. The number of ether oxygens (including phenoxy) is 3. The summed E-state index contributed by atoms with van der Waals surface area (Å²) in [5.74, 6) is 1.52. The van der Waals surface area contributed by atoms with E-state index in [4.69, 9.17) is 19.2 Å². The van der Waals surface area contributed by atoms with Crippen molar-refractivity contribution in [1.82, 2.24) is 10.3 Å². The van der Waals surface area contributed by atoms with E-state index in [1.807, 2.05) is 30.3 Å². The maximum atomic E-state index is 13.2. The van der Waals surface area contributed by atoms with Gasteiger partial charge in [0.2, 0.25) is 0 Å². The summed E-state index contributed by atoms with van der Waals surface area (Å²) >= 11 is 0. The number of carbonyl (C=O) groups excluding carboxylic acids is 1. The first-order valence-electron chi connectivity index (χ1n) is 10.8. The Morgan fingerprint density at radius 1 is 1.25 bits per heavy atom.